The minimum absolute atomic E-state index is 0.0171. The Morgan fingerprint density at radius 3 is 2.36 bits per heavy atom. The summed E-state index contributed by atoms with van der Waals surface area (Å²) in [7, 11) is 0. The lowest BCUT2D eigenvalue weighted by atomic mass is 10.2. The largest absolute Gasteiger partial charge is 0.350 e. The number of amides is 2. The molecule has 0 aliphatic carbocycles. The second-order valence-electron chi connectivity index (χ2n) is 4.68. The Bertz CT molecular complexity index is 671. The van der Waals surface area contributed by atoms with E-state index >= 15 is 0 Å². The van der Waals surface area contributed by atoms with Gasteiger partial charge < -0.3 is 10.6 Å². The minimum atomic E-state index is -0.574. The van der Waals surface area contributed by atoms with Gasteiger partial charge in [-0.2, -0.15) is 0 Å². The molecule has 1 aromatic carbocycles. The molecular weight excluding hydrogens is 285 g/mol. The van der Waals surface area contributed by atoms with Gasteiger partial charge in [-0.1, -0.05) is 12.1 Å². The van der Waals surface area contributed by atoms with Gasteiger partial charge in [-0.15, -0.1) is 0 Å². The van der Waals surface area contributed by atoms with Crippen molar-refractivity contribution in [3.8, 4) is 0 Å². The number of aromatic nitrogens is 1. The van der Waals surface area contributed by atoms with Gasteiger partial charge in [0, 0.05) is 25.0 Å². The molecule has 2 N–H and O–H groups in total. The smallest absolute Gasteiger partial charge is 0.254 e. The average Bonchev–Trinajstić information content (AvgIpc) is 2.52. The third-order valence-electron chi connectivity index (χ3n) is 2.99. The van der Waals surface area contributed by atoms with E-state index in [0.29, 0.717) is 5.56 Å². The third kappa shape index (κ3) is 4.12. The number of carbonyl (C=O) groups excluding carboxylic acids is 2. The zero-order chi connectivity index (χ0) is 15.9. The number of halogens is 1. The molecule has 22 heavy (non-hydrogen) atoms. The summed E-state index contributed by atoms with van der Waals surface area (Å²) in [6.45, 7) is 2.28. The van der Waals surface area contributed by atoms with Gasteiger partial charge in [0.2, 0.25) is 0 Å². The highest BCUT2D eigenvalue weighted by molar-refractivity contribution is 5.95. The highest BCUT2D eigenvalue weighted by Gasteiger charge is 2.10. The van der Waals surface area contributed by atoms with E-state index < -0.39 is 11.7 Å². The van der Waals surface area contributed by atoms with Crippen LogP contribution in [-0.4, -0.2) is 29.9 Å². The van der Waals surface area contributed by atoms with Crippen molar-refractivity contribution in [3.63, 3.8) is 0 Å². The summed E-state index contributed by atoms with van der Waals surface area (Å²) >= 11 is 0. The van der Waals surface area contributed by atoms with Crippen LogP contribution >= 0.6 is 0 Å². The molecule has 114 valence electrons. The fourth-order valence-electron chi connectivity index (χ4n) is 1.80. The normalized spacial score (nSPS) is 10.1. The Kier molecular flexibility index (Phi) is 5.19. The van der Waals surface area contributed by atoms with Crippen molar-refractivity contribution in [2.45, 2.75) is 6.92 Å². The molecule has 0 saturated carbocycles. The fraction of sp³-hybridized carbons (Fsp3) is 0.188. The van der Waals surface area contributed by atoms with Crippen LogP contribution in [0.3, 0.4) is 0 Å². The number of aryl methyl sites for hydroxylation is 1. The highest BCUT2D eigenvalue weighted by atomic mass is 19.1. The molecule has 1 heterocycles. The number of hydrogen-bond donors (Lipinski definition) is 2. The number of benzene rings is 1. The Balaban J connectivity index is 1.77. The van der Waals surface area contributed by atoms with Gasteiger partial charge >= 0.3 is 0 Å². The van der Waals surface area contributed by atoms with Crippen molar-refractivity contribution in [2.24, 2.45) is 0 Å². The molecule has 6 heteroatoms. The van der Waals surface area contributed by atoms with E-state index in [1.807, 2.05) is 6.92 Å². The molecule has 0 atom stereocenters. The molecule has 0 saturated heterocycles. The first kappa shape index (κ1) is 15.6. The van der Waals surface area contributed by atoms with Crippen molar-refractivity contribution < 1.29 is 14.0 Å². The van der Waals surface area contributed by atoms with Crippen LogP contribution < -0.4 is 10.6 Å². The maximum atomic E-state index is 13.4. The van der Waals surface area contributed by atoms with Crippen LogP contribution in [0.4, 0.5) is 4.39 Å². The molecule has 0 bridgehead atoms. The number of nitrogens with one attached hydrogen (secondary N) is 2. The number of rotatable bonds is 5. The Hall–Kier alpha value is -2.76. The Morgan fingerprint density at radius 2 is 1.73 bits per heavy atom. The summed E-state index contributed by atoms with van der Waals surface area (Å²) in [6, 6.07) is 9.15. The molecule has 0 spiro atoms. The number of nitrogens with zero attached hydrogens (tertiary/aromatic N) is 1. The third-order valence-corrected chi connectivity index (χ3v) is 2.99. The lowest BCUT2D eigenvalue weighted by Gasteiger charge is -2.07. The summed E-state index contributed by atoms with van der Waals surface area (Å²) in [4.78, 5) is 27.6. The van der Waals surface area contributed by atoms with Gasteiger partial charge in [0.15, 0.2) is 0 Å². The maximum Gasteiger partial charge on any atom is 0.254 e. The molecule has 0 fully saturated rings. The molecule has 2 rings (SSSR count). The van der Waals surface area contributed by atoms with Crippen LogP contribution in [0.15, 0.2) is 42.6 Å². The second-order valence-corrected chi connectivity index (χ2v) is 4.68. The van der Waals surface area contributed by atoms with Crippen molar-refractivity contribution >= 4 is 11.8 Å². The average molecular weight is 301 g/mol. The van der Waals surface area contributed by atoms with Gasteiger partial charge in [0.05, 0.1) is 11.1 Å². The second kappa shape index (κ2) is 7.31. The number of hydrogen-bond acceptors (Lipinski definition) is 3. The Morgan fingerprint density at radius 1 is 1.05 bits per heavy atom. The van der Waals surface area contributed by atoms with Crippen molar-refractivity contribution in [2.75, 3.05) is 13.1 Å². The highest BCUT2D eigenvalue weighted by Crippen LogP contribution is 2.05. The van der Waals surface area contributed by atoms with Crippen LogP contribution in [0.1, 0.15) is 26.4 Å². The Labute approximate surface area is 127 Å². The monoisotopic (exact) mass is 301 g/mol. The van der Waals surface area contributed by atoms with Gasteiger partial charge in [0.1, 0.15) is 5.82 Å². The zero-order valence-electron chi connectivity index (χ0n) is 12.1. The van der Waals surface area contributed by atoms with Crippen LogP contribution in [0.2, 0.25) is 0 Å². The SMILES string of the molecule is Cc1ccc(C(=O)NCCNC(=O)c2ccccc2F)cn1. The van der Waals surface area contributed by atoms with Gasteiger partial charge in [-0.05, 0) is 31.2 Å². The molecule has 1 aromatic heterocycles. The fourth-order valence-corrected chi connectivity index (χ4v) is 1.80. The van der Waals surface area contributed by atoms with Crippen molar-refractivity contribution in [1.29, 1.82) is 0 Å². The molecule has 5 nitrogen and oxygen atoms in total. The molecule has 0 unspecified atom stereocenters. The number of carbonyl (C=O) groups is 2. The first-order valence-corrected chi connectivity index (χ1v) is 6.81. The van der Waals surface area contributed by atoms with E-state index in [9.17, 15) is 14.0 Å². The lowest BCUT2D eigenvalue weighted by Crippen LogP contribution is -2.35. The molecule has 0 aliphatic heterocycles. The van der Waals surface area contributed by atoms with E-state index in [4.69, 9.17) is 0 Å². The molecular formula is C16H16FN3O2. The predicted octanol–water partition coefficient (Wildman–Crippen LogP) is 1.69. The van der Waals surface area contributed by atoms with E-state index in [1.54, 1.807) is 18.2 Å². The van der Waals surface area contributed by atoms with Crippen LogP contribution in [0.5, 0.6) is 0 Å². The van der Waals surface area contributed by atoms with Crippen molar-refractivity contribution in [3.05, 3.63) is 65.2 Å². The predicted molar refractivity (Wildman–Crippen MR) is 80.0 cm³/mol. The standard InChI is InChI=1S/C16H16FN3O2/c1-11-6-7-12(10-20-11)15(21)18-8-9-19-16(22)13-4-2-3-5-14(13)17/h2-7,10H,8-9H2,1H3,(H,18,21)(H,19,22). The zero-order valence-corrected chi connectivity index (χ0v) is 12.1. The van der Waals surface area contributed by atoms with E-state index in [-0.39, 0.29) is 24.6 Å². The minimum Gasteiger partial charge on any atom is -0.350 e. The summed E-state index contributed by atoms with van der Waals surface area (Å²) in [5.41, 5.74) is 1.26. The summed E-state index contributed by atoms with van der Waals surface area (Å²) in [5.74, 6) is -1.35. The van der Waals surface area contributed by atoms with Crippen LogP contribution in [0, 0.1) is 12.7 Å². The van der Waals surface area contributed by atoms with Gasteiger partial charge in [-0.3, -0.25) is 14.6 Å². The van der Waals surface area contributed by atoms with E-state index in [1.165, 1.54) is 24.4 Å². The lowest BCUT2D eigenvalue weighted by molar-refractivity contribution is 0.0925. The molecule has 0 radical (unpaired) electrons. The van der Waals surface area contributed by atoms with Crippen LogP contribution in [0.25, 0.3) is 0 Å². The molecule has 2 amide bonds. The van der Waals surface area contributed by atoms with Crippen molar-refractivity contribution in [1.82, 2.24) is 15.6 Å². The maximum absolute atomic E-state index is 13.4. The van der Waals surface area contributed by atoms with E-state index in [2.05, 4.69) is 15.6 Å². The molecule has 0 aliphatic rings. The molecule has 2 aromatic rings. The quantitative estimate of drug-likeness (QED) is 0.826. The van der Waals surface area contributed by atoms with Gasteiger partial charge in [0.25, 0.3) is 11.8 Å². The number of pyridine rings is 1. The first-order valence-electron chi connectivity index (χ1n) is 6.81. The first-order chi connectivity index (χ1) is 10.6. The topological polar surface area (TPSA) is 71.1 Å². The summed E-state index contributed by atoms with van der Waals surface area (Å²) in [5, 5.41) is 5.20. The van der Waals surface area contributed by atoms with Gasteiger partial charge in [-0.25, -0.2) is 4.39 Å². The van der Waals surface area contributed by atoms with Crippen LogP contribution in [-0.2, 0) is 0 Å². The summed E-state index contributed by atoms with van der Waals surface area (Å²) < 4.78 is 13.4. The summed E-state index contributed by atoms with van der Waals surface area (Å²) in [6.07, 6.45) is 1.49. The van der Waals surface area contributed by atoms with E-state index in [0.717, 1.165) is 5.69 Å².